The van der Waals surface area contributed by atoms with Gasteiger partial charge in [0.1, 0.15) is 73.3 Å². The van der Waals surface area contributed by atoms with Crippen LogP contribution in [0.15, 0.2) is 84.9 Å². The van der Waals surface area contributed by atoms with E-state index in [1.165, 1.54) is 52.0 Å². The first kappa shape index (κ1) is 95.5. The molecule has 117 heavy (non-hydrogen) atoms. The molecule has 41 heteroatoms. The van der Waals surface area contributed by atoms with Gasteiger partial charge in [0.05, 0.1) is 58.1 Å². The topological polar surface area (TPSA) is 580 Å². The van der Waals surface area contributed by atoms with E-state index in [1.807, 2.05) is 11.8 Å². The van der Waals surface area contributed by atoms with E-state index < -0.39 is 164 Å². The smallest absolute Gasteiger partial charge is 0.404 e. The third-order valence-electron chi connectivity index (χ3n) is 18.7. The monoisotopic (exact) mass is 1680 g/mol. The van der Waals surface area contributed by atoms with Gasteiger partial charge < -0.3 is 109 Å². The zero-order chi connectivity index (χ0) is 85.4. The summed E-state index contributed by atoms with van der Waals surface area (Å²) in [7, 11) is -4.99. The van der Waals surface area contributed by atoms with E-state index >= 15 is 0 Å². The van der Waals surface area contributed by atoms with Crippen molar-refractivity contribution in [1.82, 2.24) is 74.4 Å². The number of hydrogen-bond donors (Lipinski definition) is 18. The van der Waals surface area contributed by atoms with Crippen molar-refractivity contribution < 1.29 is 110 Å². The van der Waals surface area contributed by atoms with Gasteiger partial charge in [-0.3, -0.25) is 76.9 Å². The van der Waals surface area contributed by atoms with Crippen LogP contribution >= 0.6 is 19.6 Å². The van der Waals surface area contributed by atoms with Gasteiger partial charge >= 0.3 is 13.9 Å². The Balaban J connectivity index is 0.972. The summed E-state index contributed by atoms with van der Waals surface area (Å²) in [6.45, 7) is 5.58. The van der Waals surface area contributed by atoms with Crippen molar-refractivity contribution in [2.45, 2.75) is 189 Å². The number of fused-ring (bicyclic) bond motifs is 1. The molecule has 3 saturated heterocycles. The number of carbonyl (C=O) groups excluding carboxylic acids is 15. The number of thioether (sulfide) groups is 1. The third-order valence-corrected chi connectivity index (χ3v) is 20.7. The van der Waals surface area contributed by atoms with Crippen LogP contribution in [0.25, 0.3) is 0 Å². The predicted octanol–water partition coefficient (Wildman–Crippen LogP) is -2.90. The number of phosphoric ester groups is 1. The van der Waals surface area contributed by atoms with Gasteiger partial charge in [-0.25, -0.2) is 9.36 Å². The van der Waals surface area contributed by atoms with Gasteiger partial charge in [-0.15, -0.1) is 0 Å². The van der Waals surface area contributed by atoms with Gasteiger partial charge in [-0.1, -0.05) is 99.5 Å². The maximum atomic E-state index is 14.8. The van der Waals surface area contributed by atoms with E-state index in [9.17, 15) is 86.3 Å². The second-order valence-electron chi connectivity index (χ2n) is 28.6. The van der Waals surface area contributed by atoms with E-state index in [-0.39, 0.29) is 127 Å². The average Bonchev–Trinajstić information content (AvgIpc) is 1.71. The highest BCUT2D eigenvalue weighted by atomic mass is 32.2. The molecule has 6 rings (SSSR count). The average molecular weight is 1680 g/mol. The minimum Gasteiger partial charge on any atom is -0.404 e. The van der Waals surface area contributed by atoms with Gasteiger partial charge in [-0.2, -0.15) is 11.8 Å². The largest absolute Gasteiger partial charge is 0.524 e. The molecule has 3 aliphatic rings. The summed E-state index contributed by atoms with van der Waals surface area (Å²) in [5.41, 5.74) is 12.5. The fraction of sp³-hybridized carbons (Fsp3) is 0.566. The number of urea groups is 1. The van der Waals surface area contributed by atoms with Crippen molar-refractivity contribution in [2.75, 3.05) is 78.2 Å². The molecule has 0 unspecified atom stereocenters. The highest BCUT2D eigenvalue weighted by Gasteiger charge is 2.43. The lowest BCUT2D eigenvalue weighted by atomic mass is 9.99. The van der Waals surface area contributed by atoms with Crippen LogP contribution in [0.1, 0.15) is 115 Å². The van der Waals surface area contributed by atoms with Crippen molar-refractivity contribution in [3.05, 3.63) is 102 Å². The van der Waals surface area contributed by atoms with Crippen LogP contribution in [0, 0.1) is 5.92 Å². The van der Waals surface area contributed by atoms with Crippen molar-refractivity contribution in [3.8, 4) is 5.75 Å². The lowest BCUT2D eigenvalue weighted by Gasteiger charge is -2.29. The Hall–Kier alpha value is -10.4. The fourth-order valence-electron chi connectivity index (χ4n) is 12.5. The second kappa shape index (κ2) is 50.3. The summed E-state index contributed by atoms with van der Waals surface area (Å²) < 4.78 is 38.0. The van der Waals surface area contributed by atoms with Gasteiger partial charge in [0.2, 0.25) is 82.7 Å². The van der Waals surface area contributed by atoms with Crippen LogP contribution in [0.2, 0.25) is 0 Å². The number of ether oxygens (including phenoxy) is 4. The lowest BCUT2D eigenvalue weighted by Crippen LogP contribution is -2.62. The minimum absolute atomic E-state index is 0.00770. The molecule has 3 aliphatic heterocycles. The molecule has 0 saturated carbocycles. The molecule has 3 aromatic carbocycles. The first-order valence-corrected chi connectivity index (χ1v) is 41.4. The second-order valence-corrected chi connectivity index (χ2v) is 31.1. The standard InChI is InChI=1S/C76H111N16O23PS/c1-45(2)65-75(106)89-57(41-60(77)93)73(104)88-55(39-49-18-10-6-11-19-49)72(103)87-54(38-48-16-8-5-9-17-48)71(102)85-53(70(101)83-46(3)68(99)82-47(4)69(100)86-56(74(105)91-65)40-50-23-25-51(26-24-50)115-116(108,109)110)27-28-62(95)80-30-32-111-34-36-113-42-63(96)81-31-33-112-35-37-114-43-64(97)84-52(67(78)98)20-14-15-29-79-61(94)22-13-7-12-21-59-66-58(44-117-59)90-76(107)92-66/h5-6,8-11,16-19,23-26,45-47,52-59,65-66H,7,12-15,20-22,27-44H2,1-4H3,(H2,77,93)(H2,78,98)(H,79,94)(H,80,95)(H,81,96)(H,82,99)(H,83,101)(H,84,97)(H,85,102)(H,86,100)(H,87,103)(H,88,104)(H,89,106)(H,91,105)(H2,90,92,107)(H2,108,109,110)/t46-,47-,52-,53-,54-,55-,56-,57-,58-,59-,65-,66-/m0/s1. The first-order valence-electron chi connectivity index (χ1n) is 38.8. The lowest BCUT2D eigenvalue weighted by molar-refractivity contribution is -0.137. The summed E-state index contributed by atoms with van der Waals surface area (Å²) in [5, 5.41) is 37.5. The number of carbonyl (C=O) groups is 15. The third kappa shape index (κ3) is 36.4. The molecule has 3 fully saturated rings. The molecule has 39 nitrogen and oxygen atoms in total. The predicted molar refractivity (Wildman–Crippen MR) is 424 cm³/mol. The summed E-state index contributed by atoms with van der Waals surface area (Å²) in [4.78, 5) is 221. The molecule has 16 amide bonds. The van der Waals surface area contributed by atoms with Gasteiger partial charge in [0, 0.05) is 62.7 Å². The fourth-order valence-corrected chi connectivity index (χ4v) is 14.4. The summed E-state index contributed by atoms with van der Waals surface area (Å²) >= 11 is 1.87. The number of nitrogens with one attached hydrogen (secondary N) is 14. The van der Waals surface area contributed by atoms with Crippen LogP contribution in [-0.2, 0) is 110 Å². The Bertz CT molecular complexity index is 3870. The van der Waals surface area contributed by atoms with Crippen LogP contribution in [0.3, 0.4) is 0 Å². The van der Waals surface area contributed by atoms with E-state index in [0.717, 1.165) is 31.4 Å². The van der Waals surface area contributed by atoms with Gasteiger partial charge in [0.25, 0.3) is 0 Å². The number of rotatable bonds is 43. The maximum Gasteiger partial charge on any atom is 0.524 e. The molecule has 20 N–H and O–H groups in total. The number of hydrogen-bond acceptors (Lipinski definition) is 22. The van der Waals surface area contributed by atoms with Gasteiger partial charge in [-0.05, 0) is 87.1 Å². The Morgan fingerprint density at radius 1 is 0.487 bits per heavy atom. The quantitative estimate of drug-likeness (QED) is 0.0154. The number of nitrogens with two attached hydrogens (primary N) is 2. The highest BCUT2D eigenvalue weighted by Crippen LogP contribution is 2.37. The first-order chi connectivity index (χ1) is 55.8. The van der Waals surface area contributed by atoms with Crippen LogP contribution in [0.4, 0.5) is 4.79 Å². The van der Waals surface area contributed by atoms with E-state index in [0.29, 0.717) is 42.2 Å². The number of amides is 16. The molecule has 3 heterocycles. The summed E-state index contributed by atoms with van der Waals surface area (Å²) in [6, 6.07) is 8.52. The maximum absolute atomic E-state index is 14.8. The molecule has 0 aliphatic carbocycles. The minimum atomic E-state index is -4.99. The Labute approximate surface area is 681 Å². The SMILES string of the molecule is CC(C)[C@@H]1NC(=O)[C@H](Cc2ccc(OP(=O)(O)O)cc2)NC(=O)[C@H](C)NC(=O)[C@H](C)NC(=O)[C@H](CCC(=O)NCCOCCOCC(=O)NCCOCCOCC(=O)N[C@@H](CCCCNC(=O)CCCCC[C@@H]2SC[C@@H]3NC(=O)N[C@@H]32)C(N)=O)NC(=O)[C@H](Cc2ccccc2)NC(=O)[C@H](Cc2ccccc2)NC(=O)[C@H](CC(N)=O)NC1=O. The zero-order valence-corrected chi connectivity index (χ0v) is 67.7. The molecule has 12 atom stereocenters. The zero-order valence-electron chi connectivity index (χ0n) is 66.0. The summed E-state index contributed by atoms with van der Waals surface area (Å²) in [6.07, 6.45) is 2.93. The molecular formula is C76H111N16O23PS. The molecule has 0 radical (unpaired) electrons. The van der Waals surface area contributed by atoms with Crippen LogP contribution in [-0.4, -0.2) is 248 Å². The summed E-state index contributed by atoms with van der Waals surface area (Å²) in [5.74, 6) is -11.5. The van der Waals surface area contributed by atoms with Crippen molar-refractivity contribution in [1.29, 1.82) is 0 Å². The molecule has 0 bridgehead atoms. The Morgan fingerprint density at radius 2 is 0.966 bits per heavy atom. The van der Waals surface area contributed by atoms with E-state index in [4.69, 9.17) is 30.4 Å². The van der Waals surface area contributed by atoms with Crippen molar-refractivity contribution in [2.24, 2.45) is 17.4 Å². The number of unbranched alkanes of at least 4 members (excludes halogenated alkanes) is 3. The molecule has 0 spiro atoms. The van der Waals surface area contributed by atoms with Crippen LogP contribution < -0.4 is 90.4 Å². The number of primary amides is 2. The van der Waals surface area contributed by atoms with Gasteiger partial charge in [0.15, 0.2) is 0 Å². The highest BCUT2D eigenvalue weighted by molar-refractivity contribution is 8.00. The van der Waals surface area contributed by atoms with Crippen LogP contribution in [0.5, 0.6) is 5.75 Å². The Morgan fingerprint density at radius 3 is 1.53 bits per heavy atom. The van der Waals surface area contributed by atoms with E-state index in [1.54, 1.807) is 60.7 Å². The normalized spacial score (nSPS) is 22.1. The number of benzene rings is 3. The van der Waals surface area contributed by atoms with Crippen molar-refractivity contribution in [3.63, 3.8) is 0 Å². The molecule has 644 valence electrons. The Kier molecular flexibility index (Phi) is 41.1. The molecular weight excluding hydrogens is 1570 g/mol. The molecule has 3 aromatic rings. The van der Waals surface area contributed by atoms with E-state index in [2.05, 4.69) is 79.0 Å². The van der Waals surface area contributed by atoms with Crippen molar-refractivity contribution >= 4 is 108 Å². The molecule has 0 aromatic heterocycles. The number of phosphoric acid groups is 1.